The zero-order valence-electron chi connectivity index (χ0n) is 11.4. The number of ether oxygens (including phenoxy) is 1. The Morgan fingerprint density at radius 3 is 3.00 bits per heavy atom. The summed E-state index contributed by atoms with van der Waals surface area (Å²) in [5.41, 5.74) is 0. The predicted molar refractivity (Wildman–Crippen MR) is 72.8 cm³/mol. The maximum atomic E-state index is 5.29. The highest BCUT2D eigenvalue weighted by atomic mass is 32.2. The second-order valence-corrected chi connectivity index (χ2v) is 5.25. The van der Waals surface area contributed by atoms with Crippen LogP contribution in [0, 0.1) is 0 Å². The molecule has 18 heavy (non-hydrogen) atoms. The van der Waals surface area contributed by atoms with Crippen molar-refractivity contribution >= 4 is 11.8 Å². The Hall–Kier alpha value is -0.660. The van der Waals surface area contributed by atoms with Crippen molar-refractivity contribution in [3.8, 4) is 0 Å². The Bertz CT molecular complexity index is 318. The van der Waals surface area contributed by atoms with E-state index in [9.17, 15) is 0 Å². The molecule has 1 aromatic rings. The molecule has 0 radical (unpaired) electrons. The standard InChI is InChI=1S/C11H23N5OS/c1-4-17-8-5-9-18-11-13-14-15-16(11)7-6-12-10(2)3/h10,12H,4-9H2,1-3H3. The average Bonchev–Trinajstić information content (AvgIpc) is 2.76. The summed E-state index contributed by atoms with van der Waals surface area (Å²) in [4.78, 5) is 0. The zero-order valence-corrected chi connectivity index (χ0v) is 12.2. The van der Waals surface area contributed by atoms with Crippen molar-refractivity contribution in [1.29, 1.82) is 0 Å². The molecular formula is C11H23N5OS. The van der Waals surface area contributed by atoms with Crippen LogP contribution in [0.2, 0.25) is 0 Å². The van der Waals surface area contributed by atoms with E-state index in [4.69, 9.17) is 4.74 Å². The highest BCUT2D eigenvalue weighted by Gasteiger charge is 2.06. The number of nitrogens with one attached hydrogen (secondary N) is 1. The lowest BCUT2D eigenvalue weighted by molar-refractivity contribution is 0.149. The largest absolute Gasteiger partial charge is 0.382 e. The van der Waals surface area contributed by atoms with Crippen LogP contribution in [0.15, 0.2) is 5.16 Å². The normalized spacial score (nSPS) is 11.3. The van der Waals surface area contributed by atoms with Gasteiger partial charge < -0.3 is 10.1 Å². The first-order valence-electron chi connectivity index (χ1n) is 6.44. The summed E-state index contributed by atoms with van der Waals surface area (Å²) in [6.45, 7) is 9.54. The lowest BCUT2D eigenvalue weighted by atomic mass is 10.4. The van der Waals surface area contributed by atoms with Gasteiger partial charge >= 0.3 is 0 Å². The van der Waals surface area contributed by atoms with Gasteiger partial charge in [-0.3, -0.25) is 0 Å². The van der Waals surface area contributed by atoms with Gasteiger partial charge in [0.05, 0.1) is 6.54 Å². The SMILES string of the molecule is CCOCCCSc1nnnn1CCNC(C)C. The summed E-state index contributed by atoms with van der Waals surface area (Å²) in [5.74, 6) is 0.984. The molecule has 0 aliphatic heterocycles. The van der Waals surface area contributed by atoms with Crippen LogP contribution < -0.4 is 5.32 Å². The minimum Gasteiger partial charge on any atom is -0.382 e. The lowest BCUT2D eigenvalue weighted by Gasteiger charge is -2.08. The van der Waals surface area contributed by atoms with Crippen molar-refractivity contribution in [3.63, 3.8) is 0 Å². The smallest absolute Gasteiger partial charge is 0.209 e. The first kappa shape index (κ1) is 15.4. The molecule has 104 valence electrons. The molecule has 0 aliphatic carbocycles. The lowest BCUT2D eigenvalue weighted by Crippen LogP contribution is -2.27. The third-order valence-corrected chi connectivity index (χ3v) is 3.29. The summed E-state index contributed by atoms with van der Waals surface area (Å²) in [6.07, 6.45) is 1.02. The molecule has 0 fully saturated rings. The van der Waals surface area contributed by atoms with Crippen LogP contribution in [-0.4, -0.2) is 51.8 Å². The van der Waals surface area contributed by atoms with Crippen LogP contribution >= 0.6 is 11.8 Å². The van der Waals surface area contributed by atoms with Gasteiger partial charge in [-0.15, -0.1) is 5.10 Å². The molecule has 7 heteroatoms. The van der Waals surface area contributed by atoms with Crippen molar-refractivity contribution in [2.24, 2.45) is 0 Å². The van der Waals surface area contributed by atoms with Crippen LogP contribution in [0.25, 0.3) is 0 Å². The Balaban J connectivity index is 2.22. The quantitative estimate of drug-likeness (QED) is 0.510. The van der Waals surface area contributed by atoms with E-state index >= 15 is 0 Å². The maximum Gasteiger partial charge on any atom is 0.209 e. The van der Waals surface area contributed by atoms with E-state index in [0.29, 0.717) is 6.04 Å². The number of hydrogen-bond acceptors (Lipinski definition) is 6. The van der Waals surface area contributed by atoms with Gasteiger partial charge in [0.2, 0.25) is 5.16 Å². The van der Waals surface area contributed by atoms with E-state index in [1.165, 1.54) is 0 Å². The van der Waals surface area contributed by atoms with E-state index in [1.54, 1.807) is 11.8 Å². The molecule has 0 aliphatic rings. The van der Waals surface area contributed by atoms with Crippen molar-refractivity contribution in [1.82, 2.24) is 25.5 Å². The second-order valence-electron chi connectivity index (χ2n) is 4.19. The van der Waals surface area contributed by atoms with Gasteiger partial charge in [-0.05, 0) is 23.8 Å². The van der Waals surface area contributed by atoms with Crippen molar-refractivity contribution in [2.75, 3.05) is 25.5 Å². The third kappa shape index (κ3) is 6.32. The summed E-state index contributed by atoms with van der Waals surface area (Å²) in [7, 11) is 0. The number of tetrazole rings is 1. The number of aromatic nitrogens is 4. The highest BCUT2D eigenvalue weighted by molar-refractivity contribution is 7.99. The van der Waals surface area contributed by atoms with E-state index in [0.717, 1.165) is 43.6 Å². The molecule has 6 nitrogen and oxygen atoms in total. The molecule has 1 N–H and O–H groups in total. The van der Waals surface area contributed by atoms with Gasteiger partial charge in [-0.1, -0.05) is 25.6 Å². The summed E-state index contributed by atoms with van der Waals surface area (Å²) in [5, 5.41) is 16.0. The van der Waals surface area contributed by atoms with Crippen LogP contribution in [0.4, 0.5) is 0 Å². The van der Waals surface area contributed by atoms with Gasteiger partial charge in [0.15, 0.2) is 0 Å². The van der Waals surface area contributed by atoms with Crippen LogP contribution in [-0.2, 0) is 11.3 Å². The molecule has 0 unspecified atom stereocenters. The Labute approximate surface area is 113 Å². The Morgan fingerprint density at radius 2 is 2.28 bits per heavy atom. The molecular weight excluding hydrogens is 250 g/mol. The molecule has 0 bridgehead atoms. The van der Waals surface area contributed by atoms with Gasteiger partial charge in [0, 0.05) is 31.6 Å². The monoisotopic (exact) mass is 273 g/mol. The minimum absolute atomic E-state index is 0.490. The number of rotatable bonds is 10. The van der Waals surface area contributed by atoms with Crippen LogP contribution in [0.5, 0.6) is 0 Å². The topological polar surface area (TPSA) is 64.9 Å². The third-order valence-electron chi connectivity index (χ3n) is 2.24. The number of hydrogen-bond donors (Lipinski definition) is 1. The van der Waals surface area contributed by atoms with E-state index in [1.807, 2.05) is 11.6 Å². The van der Waals surface area contributed by atoms with Gasteiger partial charge in [0.1, 0.15) is 0 Å². The first-order valence-corrected chi connectivity index (χ1v) is 7.42. The molecule has 0 aromatic carbocycles. The fourth-order valence-corrected chi connectivity index (χ4v) is 2.18. The fourth-order valence-electron chi connectivity index (χ4n) is 1.37. The number of thioether (sulfide) groups is 1. The molecule has 0 atom stereocenters. The molecule has 0 spiro atoms. The van der Waals surface area contributed by atoms with Gasteiger partial charge in [0.25, 0.3) is 0 Å². The molecule has 0 saturated heterocycles. The van der Waals surface area contributed by atoms with E-state index in [2.05, 4.69) is 34.7 Å². The molecule has 1 rings (SSSR count). The molecule has 0 saturated carbocycles. The first-order chi connectivity index (χ1) is 8.74. The van der Waals surface area contributed by atoms with Gasteiger partial charge in [-0.25, -0.2) is 4.68 Å². The summed E-state index contributed by atoms with van der Waals surface area (Å²) in [6, 6.07) is 0.490. The highest BCUT2D eigenvalue weighted by Crippen LogP contribution is 2.14. The summed E-state index contributed by atoms with van der Waals surface area (Å²) >= 11 is 1.68. The summed E-state index contributed by atoms with van der Waals surface area (Å²) < 4.78 is 7.14. The van der Waals surface area contributed by atoms with E-state index in [-0.39, 0.29) is 0 Å². The van der Waals surface area contributed by atoms with Gasteiger partial charge in [-0.2, -0.15) is 0 Å². The maximum absolute atomic E-state index is 5.29. The Kier molecular flexibility index (Phi) is 7.95. The van der Waals surface area contributed by atoms with Crippen LogP contribution in [0.3, 0.4) is 0 Å². The zero-order chi connectivity index (χ0) is 13.2. The fraction of sp³-hybridized carbons (Fsp3) is 0.909. The van der Waals surface area contributed by atoms with Crippen molar-refractivity contribution in [2.45, 2.75) is 44.9 Å². The van der Waals surface area contributed by atoms with Crippen LogP contribution in [0.1, 0.15) is 27.2 Å². The molecule has 1 aromatic heterocycles. The average molecular weight is 273 g/mol. The minimum atomic E-state index is 0.490. The van der Waals surface area contributed by atoms with E-state index < -0.39 is 0 Å². The Morgan fingerprint density at radius 1 is 1.44 bits per heavy atom. The van der Waals surface area contributed by atoms with Crippen molar-refractivity contribution in [3.05, 3.63) is 0 Å². The molecule has 0 amide bonds. The second kappa shape index (κ2) is 9.29. The number of nitrogens with zero attached hydrogens (tertiary/aromatic N) is 4. The predicted octanol–water partition coefficient (Wildman–Crippen LogP) is 1.19. The van der Waals surface area contributed by atoms with Crippen molar-refractivity contribution < 1.29 is 4.74 Å². The molecule has 1 heterocycles.